The normalized spacial score (nSPS) is 14.9. The van der Waals surface area contributed by atoms with Crippen LogP contribution in [-0.4, -0.2) is 45.6 Å². The SMILES string of the molecule is O=C(O)Cn1c2c(c3cc(F)ccc31)C[C@@H](N(CCOc1ccc(C(F)(F)F)cc1)C(=O)CCc1ccccc1)CC2. The van der Waals surface area contributed by atoms with Crippen molar-refractivity contribution in [3.63, 3.8) is 0 Å². The maximum Gasteiger partial charge on any atom is 0.416 e. The average Bonchev–Trinajstić information content (AvgIpc) is 3.25. The first kappa shape index (κ1) is 29.2. The summed E-state index contributed by atoms with van der Waals surface area (Å²) in [6, 6.07) is 18.1. The van der Waals surface area contributed by atoms with E-state index in [1.165, 1.54) is 24.3 Å². The lowest BCUT2D eigenvalue weighted by atomic mass is 9.90. The van der Waals surface area contributed by atoms with Crippen LogP contribution in [0, 0.1) is 5.82 Å². The maximum absolute atomic E-state index is 14.3. The Kier molecular flexibility index (Phi) is 8.51. The summed E-state index contributed by atoms with van der Waals surface area (Å²) in [6.07, 6.45) is -2.16. The van der Waals surface area contributed by atoms with Gasteiger partial charge in [-0.25, -0.2) is 4.39 Å². The molecule has 42 heavy (non-hydrogen) atoms. The summed E-state index contributed by atoms with van der Waals surface area (Å²) < 4.78 is 60.5. The van der Waals surface area contributed by atoms with Gasteiger partial charge in [0, 0.05) is 29.1 Å². The Morgan fingerprint density at radius 1 is 1.02 bits per heavy atom. The lowest BCUT2D eigenvalue weighted by Crippen LogP contribution is -2.45. The van der Waals surface area contributed by atoms with Crippen LogP contribution in [0.2, 0.25) is 0 Å². The van der Waals surface area contributed by atoms with E-state index in [9.17, 15) is 32.3 Å². The Hall–Kier alpha value is -4.34. The minimum atomic E-state index is -4.45. The third-order valence-electron chi connectivity index (χ3n) is 7.71. The summed E-state index contributed by atoms with van der Waals surface area (Å²) in [4.78, 5) is 26.9. The largest absolute Gasteiger partial charge is 0.492 e. The number of carboxylic acids is 1. The van der Waals surface area contributed by atoms with E-state index in [4.69, 9.17) is 4.74 Å². The van der Waals surface area contributed by atoms with E-state index in [1.54, 1.807) is 15.5 Å². The van der Waals surface area contributed by atoms with Gasteiger partial charge in [-0.1, -0.05) is 30.3 Å². The monoisotopic (exact) mass is 582 g/mol. The number of carboxylic acid groups (broad SMARTS) is 1. The number of alkyl halides is 3. The molecule has 0 radical (unpaired) electrons. The van der Waals surface area contributed by atoms with E-state index in [0.29, 0.717) is 36.6 Å². The minimum Gasteiger partial charge on any atom is -0.492 e. The number of hydrogen-bond acceptors (Lipinski definition) is 3. The van der Waals surface area contributed by atoms with Crippen molar-refractivity contribution in [3.05, 3.63) is 101 Å². The third-order valence-corrected chi connectivity index (χ3v) is 7.71. The number of halogens is 4. The van der Waals surface area contributed by atoms with Crippen molar-refractivity contribution in [2.24, 2.45) is 0 Å². The number of hydrogen-bond donors (Lipinski definition) is 1. The average molecular weight is 583 g/mol. The molecule has 0 unspecified atom stereocenters. The molecule has 1 amide bonds. The number of benzene rings is 3. The Labute approximate surface area is 240 Å². The van der Waals surface area contributed by atoms with Crippen molar-refractivity contribution in [2.75, 3.05) is 13.2 Å². The highest BCUT2D eigenvalue weighted by atomic mass is 19.4. The smallest absolute Gasteiger partial charge is 0.416 e. The third kappa shape index (κ3) is 6.58. The van der Waals surface area contributed by atoms with Crippen LogP contribution < -0.4 is 4.74 Å². The number of carbonyl (C=O) groups excluding carboxylic acids is 1. The van der Waals surface area contributed by atoms with Crippen LogP contribution in [0.1, 0.15) is 35.2 Å². The molecule has 4 aromatic rings. The number of carbonyl (C=O) groups is 2. The number of rotatable bonds is 10. The minimum absolute atomic E-state index is 0.0706. The van der Waals surface area contributed by atoms with Crippen LogP contribution in [0.15, 0.2) is 72.8 Å². The number of aryl methyl sites for hydroxylation is 1. The molecule has 0 spiro atoms. The molecule has 5 rings (SSSR count). The molecular formula is C32H30F4N2O4. The highest BCUT2D eigenvalue weighted by Gasteiger charge is 2.32. The molecule has 1 N–H and O–H groups in total. The highest BCUT2D eigenvalue weighted by Crippen LogP contribution is 2.35. The fourth-order valence-corrected chi connectivity index (χ4v) is 5.74. The van der Waals surface area contributed by atoms with E-state index in [-0.39, 0.29) is 43.8 Å². The van der Waals surface area contributed by atoms with Gasteiger partial charge in [-0.3, -0.25) is 9.59 Å². The number of nitrogens with zero attached hydrogens (tertiary/aromatic N) is 2. The van der Waals surface area contributed by atoms with Crippen molar-refractivity contribution in [1.82, 2.24) is 9.47 Å². The van der Waals surface area contributed by atoms with E-state index in [1.807, 2.05) is 30.3 Å². The van der Waals surface area contributed by atoms with Gasteiger partial charge >= 0.3 is 12.1 Å². The van der Waals surface area contributed by atoms with Crippen molar-refractivity contribution in [1.29, 1.82) is 0 Å². The Morgan fingerprint density at radius 2 is 1.76 bits per heavy atom. The number of amides is 1. The zero-order chi connectivity index (χ0) is 29.9. The molecule has 0 bridgehead atoms. The Balaban J connectivity index is 1.37. The predicted molar refractivity (Wildman–Crippen MR) is 149 cm³/mol. The van der Waals surface area contributed by atoms with E-state index < -0.39 is 23.5 Å². The molecule has 0 aliphatic heterocycles. The van der Waals surface area contributed by atoms with Gasteiger partial charge in [-0.2, -0.15) is 13.2 Å². The first-order chi connectivity index (χ1) is 20.1. The van der Waals surface area contributed by atoms with Crippen LogP contribution in [0.25, 0.3) is 10.9 Å². The number of aromatic nitrogens is 1. The van der Waals surface area contributed by atoms with Gasteiger partial charge in [0.1, 0.15) is 24.7 Å². The van der Waals surface area contributed by atoms with Crippen molar-refractivity contribution < 1.29 is 37.0 Å². The number of fused-ring (bicyclic) bond motifs is 3. The molecule has 1 aromatic heterocycles. The second-order valence-corrected chi connectivity index (χ2v) is 10.4. The van der Waals surface area contributed by atoms with E-state index >= 15 is 0 Å². The van der Waals surface area contributed by atoms with Gasteiger partial charge in [-0.05, 0) is 79.3 Å². The van der Waals surface area contributed by atoms with Gasteiger partial charge in [0.2, 0.25) is 5.91 Å². The second kappa shape index (κ2) is 12.3. The van der Waals surface area contributed by atoms with Gasteiger partial charge in [0.05, 0.1) is 12.1 Å². The van der Waals surface area contributed by atoms with Crippen LogP contribution in [0.3, 0.4) is 0 Å². The summed E-state index contributed by atoms with van der Waals surface area (Å²) in [5.41, 5.74) is 2.53. The fourth-order valence-electron chi connectivity index (χ4n) is 5.74. The molecule has 1 aliphatic rings. The summed E-state index contributed by atoms with van der Waals surface area (Å²) in [5, 5.41) is 10.1. The first-order valence-corrected chi connectivity index (χ1v) is 13.7. The van der Waals surface area contributed by atoms with Gasteiger partial charge in [0.25, 0.3) is 0 Å². The van der Waals surface area contributed by atoms with Crippen LogP contribution >= 0.6 is 0 Å². The Morgan fingerprint density at radius 3 is 2.45 bits per heavy atom. The molecule has 0 fully saturated rings. The number of aliphatic carboxylic acids is 1. The summed E-state index contributed by atoms with van der Waals surface area (Å²) in [7, 11) is 0. The second-order valence-electron chi connectivity index (χ2n) is 10.4. The fraction of sp³-hybridized carbons (Fsp3) is 0.312. The molecule has 220 valence electrons. The van der Waals surface area contributed by atoms with E-state index in [2.05, 4.69) is 0 Å². The van der Waals surface area contributed by atoms with Crippen LogP contribution in [-0.2, 0) is 41.6 Å². The predicted octanol–water partition coefficient (Wildman–Crippen LogP) is 6.28. The molecule has 3 aromatic carbocycles. The van der Waals surface area contributed by atoms with Gasteiger partial charge in [-0.15, -0.1) is 0 Å². The summed E-state index contributed by atoms with van der Waals surface area (Å²) in [6.45, 7) is 0.0286. The van der Waals surface area contributed by atoms with Crippen molar-refractivity contribution in [3.8, 4) is 5.75 Å². The first-order valence-electron chi connectivity index (χ1n) is 13.7. The standard InChI is InChI=1S/C32H30F4N2O4/c33-23-9-13-28-26(18-23)27-19-24(10-14-29(27)38(28)20-31(40)41)37(30(39)15-6-21-4-2-1-3-5-21)16-17-42-25-11-7-22(8-12-25)32(34,35)36/h1-5,7-9,11-13,18,24H,6,10,14-17,19-20H2,(H,40,41)/t24-/m0/s1. The van der Waals surface area contributed by atoms with Crippen molar-refractivity contribution >= 4 is 22.8 Å². The lowest BCUT2D eigenvalue weighted by Gasteiger charge is -2.35. The molecule has 10 heteroatoms. The number of ether oxygens (including phenoxy) is 1. The lowest BCUT2D eigenvalue weighted by molar-refractivity contribution is -0.138. The van der Waals surface area contributed by atoms with Crippen LogP contribution in [0.5, 0.6) is 5.75 Å². The molecule has 1 atom stereocenters. The van der Waals surface area contributed by atoms with E-state index in [0.717, 1.165) is 29.0 Å². The molecular weight excluding hydrogens is 552 g/mol. The maximum atomic E-state index is 14.3. The molecule has 0 saturated heterocycles. The summed E-state index contributed by atoms with van der Waals surface area (Å²) >= 11 is 0. The molecule has 0 saturated carbocycles. The van der Waals surface area contributed by atoms with Crippen molar-refractivity contribution in [2.45, 2.75) is 50.9 Å². The zero-order valence-corrected chi connectivity index (χ0v) is 22.7. The topological polar surface area (TPSA) is 71.8 Å². The molecule has 6 nitrogen and oxygen atoms in total. The molecule has 1 heterocycles. The molecule has 1 aliphatic carbocycles. The highest BCUT2D eigenvalue weighted by molar-refractivity contribution is 5.87. The zero-order valence-electron chi connectivity index (χ0n) is 22.7. The quantitative estimate of drug-likeness (QED) is 0.224. The van der Waals surface area contributed by atoms with Crippen LogP contribution in [0.4, 0.5) is 17.6 Å². The van der Waals surface area contributed by atoms with Gasteiger partial charge < -0.3 is 19.3 Å². The van der Waals surface area contributed by atoms with Gasteiger partial charge in [0.15, 0.2) is 0 Å². The summed E-state index contributed by atoms with van der Waals surface area (Å²) in [5.74, 6) is -1.26. The Bertz CT molecular complexity index is 1570.